The molecular formula is C21H31N5O. The van der Waals surface area contributed by atoms with Crippen LogP contribution < -0.4 is 0 Å². The molecule has 0 N–H and O–H groups in total. The van der Waals surface area contributed by atoms with Crippen LogP contribution >= 0.6 is 0 Å². The molecular weight excluding hydrogens is 338 g/mol. The van der Waals surface area contributed by atoms with E-state index in [1.165, 1.54) is 24.1 Å². The van der Waals surface area contributed by atoms with Crippen molar-refractivity contribution in [3.8, 4) is 0 Å². The van der Waals surface area contributed by atoms with Crippen LogP contribution in [-0.2, 0) is 11.2 Å². The van der Waals surface area contributed by atoms with E-state index in [-0.39, 0.29) is 5.41 Å². The van der Waals surface area contributed by atoms with Gasteiger partial charge in [-0.1, -0.05) is 13.8 Å². The number of fused-ring (bicyclic) bond motifs is 6. The number of hydrogen-bond donors (Lipinski definition) is 0. The van der Waals surface area contributed by atoms with Crippen molar-refractivity contribution < 1.29 is 4.74 Å². The molecule has 5 rings (SSSR count). The molecule has 0 aliphatic carbocycles. The fourth-order valence-electron chi connectivity index (χ4n) is 5.45. The van der Waals surface area contributed by atoms with E-state index in [0.717, 1.165) is 57.2 Å². The van der Waals surface area contributed by atoms with Gasteiger partial charge in [-0.2, -0.15) is 5.10 Å². The number of nitrogens with zero attached hydrogens (tertiary/aromatic N) is 5. The van der Waals surface area contributed by atoms with Gasteiger partial charge in [-0.3, -0.25) is 9.80 Å². The second-order valence-corrected chi connectivity index (χ2v) is 9.39. The smallest absolute Gasteiger partial charge is 0.155 e. The van der Waals surface area contributed by atoms with Crippen molar-refractivity contribution in [1.29, 1.82) is 0 Å². The third-order valence-corrected chi connectivity index (χ3v) is 6.53. The normalized spacial score (nSPS) is 26.6. The topological polar surface area (TPSA) is 45.9 Å². The molecule has 2 saturated heterocycles. The van der Waals surface area contributed by atoms with Crippen molar-refractivity contribution in [3.63, 3.8) is 0 Å². The third kappa shape index (κ3) is 3.18. The fourth-order valence-corrected chi connectivity index (χ4v) is 5.45. The van der Waals surface area contributed by atoms with Gasteiger partial charge in [0, 0.05) is 62.5 Å². The summed E-state index contributed by atoms with van der Waals surface area (Å²) in [7, 11) is 0. The maximum atomic E-state index is 5.52. The molecule has 27 heavy (non-hydrogen) atoms. The van der Waals surface area contributed by atoms with Gasteiger partial charge in [0.2, 0.25) is 0 Å². The van der Waals surface area contributed by atoms with E-state index in [1.807, 2.05) is 0 Å². The van der Waals surface area contributed by atoms with Gasteiger partial charge in [-0.15, -0.1) is 0 Å². The predicted octanol–water partition coefficient (Wildman–Crippen LogP) is 2.46. The zero-order chi connectivity index (χ0) is 18.6. The van der Waals surface area contributed by atoms with Crippen LogP contribution in [0.25, 0.3) is 5.65 Å². The minimum atomic E-state index is 0.273. The Hall–Kier alpha value is -1.50. The highest BCUT2D eigenvalue weighted by Crippen LogP contribution is 2.44. The summed E-state index contributed by atoms with van der Waals surface area (Å²) in [5.74, 6) is 0. The first-order valence-electron chi connectivity index (χ1n) is 10.4. The van der Waals surface area contributed by atoms with E-state index >= 15 is 0 Å². The van der Waals surface area contributed by atoms with E-state index < -0.39 is 0 Å². The molecule has 0 unspecified atom stereocenters. The summed E-state index contributed by atoms with van der Waals surface area (Å²) in [5.41, 5.74) is 5.11. The largest absolute Gasteiger partial charge is 0.379 e. The van der Waals surface area contributed by atoms with Crippen LogP contribution in [0.1, 0.15) is 49.7 Å². The second kappa shape index (κ2) is 6.54. The third-order valence-electron chi connectivity index (χ3n) is 6.53. The van der Waals surface area contributed by atoms with E-state index in [2.05, 4.69) is 47.3 Å². The van der Waals surface area contributed by atoms with Gasteiger partial charge in [-0.05, 0) is 25.2 Å². The van der Waals surface area contributed by atoms with E-state index in [0.29, 0.717) is 12.1 Å². The van der Waals surface area contributed by atoms with Gasteiger partial charge in [0.25, 0.3) is 0 Å². The first-order valence-corrected chi connectivity index (χ1v) is 10.4. The molecule has 2 bridgehead atoms. The molecule has 146 valence electrons. The number of hydrogen-bond acceptors (Lipinski definition) is 5. The van der Waals surface area contributed by atoms with E-state index in [9.17, 15) is 0 Å². The minimum Gasteiger partial charge on any atom is -0.379 e. The Morgan fingerprint density at radius 2 is 2.00 bits per heavy atom. The van der Waals surface area contributed by atoms with Crippen molar-refractivity contribution in [3.05, 3.63) is 29.2 Å². The lowest BCUT2D eigenvalue weighted by atomic mass is 9.88. The Labute approximate surface area is 161 Å². The van der Waals surface area contributed by atoms with Crippen molar-refractivity contribution in [2.75, 3.05) is 39.4 Å². The first-order chi connectivity index (χ1) is 13.0. The van der Waals surface area contributed by atoms with Crippen LogP contribution in [0.2, 0.25) is 0 Å². The van der Waals surface area contributed by atoms with Crippen molar-refractivity contribution >= 4 is 5.65 Å². The second-order valence-electron chi connectivity index (χ2n) is 9.39. The Balaban J connectivity index is 1.38. The van der Waals surface area contributed by atoms with Gasteiger partial charge in [0.15, 0.2) is 5.65 Å². The first kappa shape index (κ1) is 17.6. The molecule has 2 atom stereocenters. The molecule has 2 aromatic heterocycles. The van der Waals surface area contributed by atoms with Crippen LogP contribution in [0.15, 0.2) is 12.3 Å². The Bertz CT molecular complexity index is 838. The lowest BCUT2D eigenvalue weighted by molar-refractivity contribution is 0.00978. The Morgan fingerprint density at radius 3 is 2.81 bits per heavy atom. The van der Waals surface area contributed by atoms with Crippen molar-refractivity contribution in [2.45, 2.75) is 52.1 Å². The molecule has 3 aliphatic rings. The minimum absolute atomic E-state index is 0.273. The SMILES string of the molecule is Cc1cc2ncc3c(n2n1)C[C@H]1CC[C@@H]3N1CC(C)(C)CN1CCOCC1. The zero-order valence-electron chi connectivity index (χ0n) is 16.8. The average molecular weight is 370 g/mol. The summed E-state index contributed by atoms with van der Waals surface area (Å²) >= 11 is 0. The summed E-state index contributed by atoms with van der Waals surface area (Å²) in [6.07, 6.45) is 5.76. The molecule has 0 amide bonds. The summed E-state index contributed by atoms with van der Waals surface area (Å²) in [6, 6.07) is 3.23. The Morgan fingerprint density at radius 1 is 1.19 bits per heavy atom. The highest BCUT2D eigenvalue weighted by atomic mass is 16.5. The van der Waals surface area contributed by atoms with E-state index in [1.54, 1.807) is 0 Å². The number of aryl methyl sites for hydroxylation is 1. The van der Waals surface area contributed by atoms with Gasteiger partial charge in [0.05, 0.1) is 24.6 Å². The highest BCUT2D eigenvalue weighted by Gasteiger charge is 2.43. The van der Waals surface area contributed by atoms with Gasteiger partial charge in [-0.25, -0.2) is 9.50 Å². The molecule has 5 heterocycles. The summed E-state index contributed by atoms with van der Waals surface area (Å²) < 4.78 is 7.62. The summed E-state index contributed by atoms with van der Waals surface area (Å²) in [5, 5.41) is 4.72. The fraction of sp³-hybridized carbons (Fsp3) is 0.714. The van der Waals surface area contributed by atoms with Crippen LogP contribution in [0, 0.1) is 12.3 Å². The van der Waals surface area contributed by atoms with E-state index in [4.69, 9.17) is 14.8 Å². The van der Waals surface area contributed by atoms with Crippen LogP contribution in [0.3, 0.4) is 0 Å². The zero-order valence-corrected chi connectivity index (χ0v) is 16.8. The maximum Gasteiger partial charge on any atom is 0.155 e. The number of aromatic nitrogens is 3. The molecule has 0 saturated carbocycles. The summed E-state index contributed by atoms with van der Waals surface area (Å²) in [6.45, 7) is 13.1. The monoisotopic (exact) mass is 369 g/mol. The highest BCUT2D eigenvalue weighted by molar-refractivity contribution is 5.44. The quantitative estimate of drug-likeness (QED) is 0.828. The number of morpholine rings is 1. The lowest BCUT2D eigenvalue weighted by Crippen LogP contribution is -2.49. The Kier molecular flexibility index (Phi) is 4.26. The lowest BCUT2D eigenvalue weighted by Gasteiger charge is -2.43. The molecule has 0 spiro atoms. The average Bonchev–Trinajstić information content (AvgIpc) is 3.12. The molecule has 3 aliphatic heterocycles. The van der Waals surface area contributed by atoms with Gasteiger partial charge >= 0.3 is 0 Å². The predicted molar refractivity (Wildman–Crippen MR) is 105 cm³/mol. The van der Waals surface area contributed by atoms with Crippen LogP contribution in [0.5, 0.6) is 0 Å². The van der Waals surface area contributed by atoms with Crippen LogP contribution in [0.4, 0.5) is 0 Å². The van der Waals surface area contributed by atoms with Gasteiger partial charge < -0.3 is 4.74 Å². The molecule has 0 radical (unpaired) electrons. The molecule has 6 nitrogen and oxygen atoms in total. The molecule has 0 aromatic carbocycles. The van der Waals surface area contributed by atoms with Gasteiger partial charge in [0.1, 0.15) is 0 Å². The molecule has 2 fully saturated rings. The number of rotatable bonds is 4. The van der Waals surface area contributed by atoms with Crippen molar-refractivity contribution in [2.24, 2.45) is 5.41 Å². The molecule has 2 aromatic rings. The summed E-state index contributed by atoms with van der Waals surface area (Å²) in [4.78, 5) is 10.0. The maximum absolute atomic E-state index is 5.52. The number of ether oxygens (including phenoxy) is 1. The molecule has 6 heteroatoms. The standard InChI is InChI=1S/C21H31N5O/c1-15-10-20-22-12-17-18-5-4-16(11-19(17)26(20)23-15)25(18)14-21(2,3)13-24-6-8-27-9-7-24/h10,12,16,18H,4-9,11,13-14H2,1-3H3/t16-,18+/m1/s1. The van der Waals surface area contributed by atoms with Crippen molar-refractivity contribution in [1.82, 2.24) is 24.4 Å². The van der Waals surface area contributed by atoms with Crippen LogP contribution in [-0.4, -0.2) is 69.8 Å².